The molecule has 0 aliphatic carbocycles. The van der Waals surface area contributed by atoms with Gasteiger partial charge in [0.15, 0.2) is 17.3 Å². The number of hydrogen-bond donors (Lipinski definition) is 1. The van der Waals surface area contributed by atoms with Crippen molar-refractivity contribution in [1.29, 1.82) is 0 Å². The maximum absolute atomic E-state index is 13.5. The minimum Gasteiger partial charge on any atom is -0.493 e. The summed E-state index contributed by atoms with van der Waals surface area (Å²) in [5.41, 5.74) is -2.16. The number of carbonyl (C=O) groups excluding carboxylic acids is 1. The summed E-state index contributed by atoms with van der Waals surface area (Å²) in [4.78, 5) is 20.6. The highest BCUT2D eigenvalue weighted by Gasteiger charge is 2.38. The van der Waals surface area contributed by atoms with Crippen molar-refractivity contribution in [2.45, 2.75) is 44.3 Å². The van der Waals surface area contributed by atoms with Crippen molar-refractivity contribution >= 4 is 17.9 Å². The third-order valence-corrected chi connectivity index (χ3v) is 7.15. The summed E-state index contributed by atoms with van der Waals surface area (Å²) < 4.78 is 90.3. The average Bonchev–Trinajstić information content (AvgIpc) is 3.43. The Balaban J connectivity index is 1.52. The molecule has 1 N–H and O–H groups in total. The number of rotatable bonds is 8. The number of nitrogens with zero attached hydrogens (tertiary/aromatic N) is 3. The van der Waals surface area contributed by atoms with E-state index in [9.17, 15) is 31.1 Å². The number of ether oxygens (including phenoxy) is 2. The monoisotopic (exact) mass is 584 g/mol. The van der Waals surface area contributed by atoms with Gasteiger partial charge in [0.05, 0.1) is 23.9 Å². The van der Waals surface area contributed by atoms with Gasteiger partial charge in [0.25, 0.3) is 0 Å². The lowest BCUT2D eigenvalue weighted by atomic mass is 10.0. The Labute approximate surface area is 233 Å². The Morgan fingerprint density at radius 3 is 2.44 bits per heavy atom. The second-order valence-electron chi connectivity index (χ2n) is 9.88. The molecule has 0 aromatic heterocycles. The van der Waals surface area contributed by atoms with Gasteiger partial charge in [-0.2, -0.15) is 26.3 Å². The van der Waals surface area contributed by atoms with Crippen molar-refractivity contribution < 1.29 is 40.6 Å². The lowest BCUT2D eigenvalue weighted by Crippen LogP contribution is -2.26. The van der Waals surface area contributed by atoms with E-state index >= 15 is 0 Å². The second-order valence-corrected chi connectivity index (χ2v) is 9.88. The van der Waals surface area contributed by atoms with Gasteiger partial charge in [-0.1, -0.05) is 12.1 Å². The van der Waals surface area contributed by atoms with Crippen molar-refractivity contribution in [3.05, 3.63) is 64.3 Å². The highest BCUT2D eigenvalue weighted by atomic mass is 19.4. The number of likely N-dealkylation sites (N-methyl/N-ethyl adjacent to an activating group) is 1. The van der Waals surface area contributed by atoms with Crippen LogP contribution in [-0.4, -0.2) is 62.0 Å². The zero-order chi connectivity index (χ0) is 29.9. The maximum Gasteiger partial charge on any atom is 0.416 e. The largest absolute Gasteiger partial charge is 0.493 e. The van der Waals surface area contributed by atoms with Crippen LogP contribution >= 0.6 is 0 Å². The van der Waals surface area contributed by atoms with Gasteiger partial charge in [0.2, 0.25) is 0 Å². The van der Waals surface area contributed by atoms with Gasteiger partial charge in [0, 0.05) is 25.2 Å². The molecule has 2 aliphatic rings. The lowest BCUT2D eigenvalue weighted by molar-refractivity contribution is -0.143. The Morgan fingerprint density at radius 2 is 1.80 bits per heavy atom. The number of amides is 2. The number of likely N-dealkylation sites (tertiary alicyclic amines) is 1. The summed E-state index contributed by atoms with van der Waals surface area (Å²) in [6.07, 6.45) is -5.09. The fraction of sp³-hybridized carbons (Fsp3) is 0.429. The topological polar surface area (TPSA) is 66.4 Å². The van der Waals surface area contributed by atoms with Crippen LogP contribution in [0.4, 0.5) is 31.1 Å². The third-order valence-electron chi connectivity index (χ3n) is 7.15. The molecular formula is C28H30F6N4O3. The van der Waals surface area contributed by atoms with Gasteiger partial charge in [0.1, 0.15) is 6.61 Å². The van der Waals surface area contributed by atoms with Crippen molar-refractivity contribution in [3.8, 4) is 11.5 Å². The highest BCUT2D eigenvalue weighted by molar-refractivity contribution is 6.16. The summed E-state index contributed by atoms with van der Waals surface area (Å²) in [5.74, 6) is 0.702. The first-order valence-electron chi connectivity index (χ1n) is 12.9. The van der Waals surface area contributed by atoms with Crippen molar-refractivity contribution in [1.82, 2.24) is 15.1 Å². The van der Waals surface area contributed by atoms with E-state index in [0.717, 1.165) is 31.9 Å². The first-order chi connectivity index (χ1) is 19.3. The van der Waals surface area contributed by atoms with Gasteiger partial charge in [-0.3, -0.25) is 15.2 Å². The van der Waals surface area contributed by atoms with E-state index in [1.807, 2.05) is 0 Å². The Bertz CT molecular complexity index is 1340. The third kappa shape index (κ3) is 7.13. The minimum absolute atomic E-state index is 0.0732. The first kappa shape index (κ1) is 30.2. The molecule has 2 aromatic rings. The smallest absolute Gasteiger partial charge is 0.416 e. The number of carbonyl (C=O) groups is 1. The normalized spacial score (nSPS) is 20.3. The number of halogens is 6. The second kappa shape index (κ2) is 12.0. The summed E-state index contributed by atoms with van der Waals surface area (Å²) in [7, 11) is 5.03. The van der Waals surface area contributed by atoms with Crippen LogP contribution in [0.1, 0.15) is 41.5 Å². The van der Waals surface area contributed by atoms with E-state index < -0.39 is 35.6 Å². The zero-order valence-corrected chi connectivity index (χ0v) is 22.7. The molecule has 1 unspecified atom stereocenters. The molecule has 0 saturated carbocycles. The number of aliphatic imine (C=N–C) groups is 1. The Kier molecular flexibility index (Phi) is 8.86. The molecule has 2 fully saturated rings. The summed E-state index contributed by atoms with van der Waals surface area (Å²) in [6.45, 7) is 0.953. The number of amidine groups is 1. The van der Waals surface area contributed by atoms with Gasteiger partial charge in [-0.05, 0) is 68.8 Å². The van der Waals surface area contributed by atoms with Crippen LogP contribution in [0.2, 0.25) is 0 Å². The standard InChI is InChI=1S/C28H30F6N4O3/c1-37-12-4-5-20(37)10-11-35-25-22(38(2)26(39)36-25)13-17-6-9-23(24(14-17)40-3)41-16-18-7-8-19(27(29,30)31)15-21(18)28(32,33)34/h6-9,13-15,20H,4-5,10-12,16H2,1-3H3,(H,35,36,39)/b22-13-. The van der Waals surface area contributed by atoms with E-state index in [-0.39, 0.29) is 23.6 Å². The zero-order valence-electron chi connectivity index (χ0n) is 22.7. The molecular weight excluding hydrogens is 554 g/mol. The quantitative estimate of drug-likeness (QED) is 0.376. The first-order valence-corrected chi connectivity index (χ1v) is 12.9. The van der Waals surface area contributed by atoms with E-state index in [2.05, 4.69) is 22.3 Å². The molecule has 0 bridgehead atoms. The van der Waals surface area contributed by atoms with Crippen molar-refractivity contribution in [2.24, 2.45) is 4.99 Å². The summed E-state index contributed by atoms with van der Waals surface area (Å²) in [5, 5.41) is 2.76. The lowest BCUT2D eigenvalue weighted by Gasteiger charge is -2.18. The van der Waals surface area contributed by atoms with Crippen LogP contribution in [0.15, 0.2) is 47.1 Å². The molecule has 1 atom stereocenters. The molecule has 2 saturated heterocycles. The number of alkyl halides is 6. The van der Waals surface area contributed by atoms with Gasteiger partial charge >= 0.3 is 18.4 Å². The SMILES string of the molecule is COc1cc(/C=C2/C(=NCCC3CCCN3C)NC(=O)N2C)ccc1OCc1ccc(C(F)(F)F)cc1C(F)(F)F. The van der Waals surface area contributed by atoms with Crippen LogP contribution in [-0.2, 0) is 19.0 Å². The molecule has 13 heteroatoms. The fourth-order valence-electron chi connectivity index (χ4n) is 4.82. The molecule has 7 nitrogen and oxygen atoms in total. The summed E-state index contributed by atoms with van der Waals surface area (Å²) in [6, 6.07) is 6.18. The van der Waals surface area contributed by atoms with Crippen molar-refractivity contribution in [2.75, 3.05) is 34.3 Å². The molecule has 4 rings (SSSR count). The van der Waals surface area contributed by atoms with E-state index in [1.54, 1.807) is 25.3 Å². The number of benzene rings is 2. The minimum atomic E-state index is -5.01. The molecule has 2 amide bonds. The van der Waals surface area contributed by atoms with E-state index in [1.165, 1.54) is 18.1 Å². The number of hydrogen-bond acceptors (Lipinski definition) is 5. The van der Waals surface area contributed by atoms with Crippen LogP contribution in [0.3, 0.4) is 0 Å². The highest BCUT2D eigenvalue weighted by Crippen LogP contribution is 2.38. The Hall–Kier alpha value is -3.74. The summed E-state index contributed by atoms with van der Waals surface area (Å²) >= 11 is 0. The number of methoxy groups -OCH3 is 1. The fourth-order valence-corrected chi connectivity index (χ4v) is 4.82. The predicted octanol–water partition coefficient (Wildman–Crippen LogP) is 6.19. The molecule has 41 heavy (non-hydrogen) atoms. The molecule has 2 aliphatic heterocycles. The van der Waals surface area contributed by atoms with Crippen LogP contribution in [0.25, 0.3) is 6.08 Å². The van der Waals surface area contributed by atoms with Gasteiger partial charge < -0.3 is 14.4 Å². The average molecular weight is 585 g/mol. The Morgan fingerprint density at radius 1 is 1.05 bits per heavy atom. The van der Waals surface area contributed by atoms with Gasteiger partial charge in [-0.25, -0.2) is 4.79 Å². The number of urea groups is 1. The van der Waals surface area contributed by atoms with Crippen LogP contribution in [0, 0.1) is 0 Å². The molecule has 2 aromatic carbocycles. The van der Waals surface area contributed by atoms with Crippen molar-refractivity contribution in [3.63, 3.8) is 0 Å². The molecule has 0 spiro atoms. The predicted molar refractivity (Wildman–Crippen MR) is 141 cm³/mol. The maximum atomic E-state index is 13.5. The van der Waals surface area contributed by atoms with Crippen LogP contribution < -0.4 is 14.8 Å². The molecule has 0 radical (unpaired) electrons. The van der Waals surface area contributed by atoms with Gasteiger partial charge in [-0.15, -0.1) is 0 Å². The number of nitrogens with one attached hydrogen (secondary N) is 1. The van der Waals surface area contributed by atoms with Crippen LogP contribution in [0.5, 0.6) is 11.5 Å². The van der Waals surface area contributed by atoms with E-state index in [4.69, 9.17) is 9.47 Å². The molecule has 222 valence electrons. The molecule has 2 heterocycles. The van der Waals surface area contributed by atoms with E-state index in [0.29, 0.717) is 35.7 Å².